The number of hydrogen-bond donors (Lipinski definition) is 2. The van der Waals surface area contributed by atoms with Gasteiger partial charge in [-0.3, -0.25) is 14.9 Å². The van der Waals surface area contributed by atoms with Gasteiger partial charge in [0.05, 0.1) is 29.2 Å². The molecule has 1 atom stereocenters. The minimum atomic E-state index is -0.657. The number of carbonyl (C=O) groups excluding carboxylic acids is 2. The quantitative estimate of drug-likeness (QED) is 0.434. The Balaban J connectivity index is 1.26. The van der Waals surface area contributed by atoms with Crippen LogP contribution in [0.25, 0.3) is 0 Å². The van der Waals surface area contributed by atoms with Crippen molar-refractivity contribution in [1.29, 1.82) is 0 Å². The van der Waals surface area contributed by atoms with Crippen LogP contribution in [0, 0.1) is 22.9 Å². The van der Waals surface area contributed by atoms with Gasteiger partial charge in [-0.2, -0.15) is 0 Å². The number of benzene rings is 2. The highest BCUT2D eigenvalue weighted by molar-refractivity contribution is 6.30. The lowest BCUT2D eigenvalue weighted by atomic mass is 9.77. The topological polar surface area (TPSA) is 73.9 Å². The maximum Gasteiger partial charge on any atom is 0.249 e. The predicted molar refractivity (Wildman–Crippen MR) is 135 cm³/mol. The monoisotopic (exact) mass is 536 g/mol. The van der Waals surface area contributed by atoms with Crippen LogP contribution >= 0.6 is 11.6 Å². The standard InChI is InChI=1S/C26H28ClF3N4O3/c1-37-23-13-22(18(30)11-20(23)31-19-2-3-24(35)32-25(19)36)33-7-4-26(5-8-33)6-9-34(14-26)21-12-16(28)15(27)10-17(21)29/h10-13,19,31H,2-9,14H2,1H3,(H,32,35,36). The van der Waals surface area contributed by atoms with E-state index in [1.807, 2.05) is 9.80 Å². The first-order valence-corrected chi connectivity index (χ1v) is 12.7. The largest absolute Gasteiger partial charge is 0.495 e. The van der Waals surface area contributed by atoms with E-state index in [1.165, 1.54) is 13.2 Å². The average molecular weight is 537 g/mol. The fourth-order valence-corrected chi connectivity index (χ4v) is 5.76. The van der Waals surface area contributed by atoms with Gasteiger partial charge in [0.15, 0.2) is 0 Å². The molecule has 3 fully saturated rings. The van der Waals surface area contributed by atoms with Crippen molar-refractivity contribution in [3.05, 3.63) is 46.7 Å². The summed E-state index contributed by atoms with van der Waals surface area (Å²) in [6.07, 6.45) is 2.91. The number of amides is 2. The van der Waals surface area contributed by atoms with Crippen molar-refractivity contribution < 1.29 is 27.5 Å². The number of methoxy groups -OCH3 is 1. The Kier molecular flexibility index (Phi) is 6.87. The molecule has 3 heterocycles. The van der Waals surface area contributed by atoms with E-state index in [-0.39, 0.29) is 28.5 Å². The molecule has 3 saturated heterocycles. The van der Waals surface area contributed by atoms with Crippen LogP contribution in [0.4, 0.5) is 30.2 Å². The molecular weight excluding hydrogens is 509 g/mol. The van der Waals surface area contributed by atoms with Crippen molar-refractivity contribution in [2.45, 2.75) is 38.1 Å². The number of ether oxygens (including phenoxy) is 1. The molecule has 2 amide bonds. The van der Waals surface area contributed by atoms with Gasteiger partial charge in [0.1, 0.15) is 29.2 Å². The number of nitrogens with zero attached hydrogens (tertiary/aromatic N) is 2. The molecule has 198 valence electrons. The van der Waals surface area contributed by atoms with E-state index in [0.717, 1.165) is 31.4 Å². The normalized spacial score (nSPS) is 21.4. The zero-order chi connectivity index (χ0) is 26.3. The van der Waals surface area contributed by atoms with Crippen LogP contribution in [0.3, 0.4) is 0 Å². The highest BCUT2D eigenvalue weighted by Crippen LogP contribution is 2.44. The lowest BCUT2D eigenvalue weighted by Gasteiger charge is -2.40. The zero-order valence-corrected chi connectivity index (χ0v) is 21.1. The minimum Gasteiger partial charge on any atom is -0.495 e. The molecule has 1 unspecified atom stereocenters. The first kappa shape index (κ1) is 25.5. The van der Waals surface area contributed by atoms with Crippen molar-refractivity contribution in [3.63, 3.8) is 0 Å². The first-order valence-electron chi connectivity index (χ1n) is 12.3. The van der Waals surface area contributed by atoms with Gasteiger partial charge in [-0.15, -0.1) is 0 Å². The van der Waals surface area contributed by atoms with E-state index in [4.69, 9.17) is 16.3 Å². The summed E-state index contributed by atoms with van der Waals surface area (Å²) in [7, 11) is 1.48. The highest BCUT2D eigenvalue weighted by atomic mass is 35.5. The van der Waals surface area contributed by atoms with Gasteiger partial charge in [0.2, 0.25) is 11.8 Å². The Labute approximate surface area is 217 Å². The van der Waals surface area contributed by atoms with Gasteiger partial charge in [-0.25, -0.2) is 13.2 Å². The van der Waals surface area contributed by atoms with E-state index < -0.39 is 29.4 Å². The molecule has 11 heteroatoms. The number of imide groups is 1. The van der Waals surface area contributed by atoms with Gasteiger partial charge in [-0.05, 0) is 37.2 Å². The molecule has 37 heavy (non-hydrogen) atoms. The molecule has 0 bridgehead atoms. The van der Waals surface area contributed by atoms with Crippen molar-refractivity contribution in [2.24, 2.45) is 5.41 Å². The number of hydrogen-bond acceptors (Lipinski definition) is 6. The minimum absolute atomic E-state index is 0.0626. The summed E-state index contributed by atoms with van der Waals surface area (Å²) in [5, 5.41) is 5.04. The third-order valence-corrected chi connectivity index (χ3v) is 8.06. The molecule has 3 aliphatic heterocycles. The SMILES string of the molecule is COc1cc(N2CCC3(CC2)CCN(c2cc(F)c(Cl)cc2F)C3)c(F)cc1NC1CCC(=O)NC1=O. The van der Waals surface area contributed by atoms with Gasteiger partial charge in [0, 0.05) is 50.8 Å². The second-order valence-electron chi connectivity index (χ2n) is 10.0. The van der Waals surface area contributed by atoms with Crippen LogP contribution in [0.15, 0.2) is 24.3 Å². The van der Waals surface area contributed by atoms with Crippen LogP contribution in [0.1, 0.15) is 32.1 Å². The van der Waals surface area contributed by atoms with Gasteiger partial charge in [-0.1, -0.05) is 11.6 Å². The van der Waals surface area contributed by atoms with Crippen LogP contribution in [0.2, 0.25) is 5.02 Å². The molecule has 0 saturated carbocycles. The van der Waals surface area contributed by atoms with E-state index >= 15 is 4.39 Å². The number of anilines is 3. The molecule has 5 rings (SSSR count). The lowest BCUT2D eigenvalue weighted by molar-refractivity contribution is -0.133. The average Bonchev–Trinajstić information content (AvgIpc) is 3.27. The van der Waals surface area contributed by atoms with E-state index in [1.54, 1.807) is 6.07 Å². The molecule has 2 N–H and O–H groups in total. The van der Waals surface area contributed by atoms with Crippen molar-refractivity contribution in [1.82, 2.24) is 5.32 Å². The number of carbonyl (C=O) groups is 2. The van der Waals surface area contributed by atoms with E-state index in [2.05, 4.69) is 10.6 Å². The van der Waals surface area contributed by atoms with Crippen molar-refractivity contribution >= 4 is 40.5 Å². The van der Waals surface area contributed by atoms with Crippen LogP contribution in [-0.2, 0) is 9.59 Å². The Hall–Kier alpha value is -3.14. The Morgan fingerprint density at radius 3 is 2.30 bits per heavy atom. The molecule has 0 radical (unpaired) electrons. The molecule has 0 aliphatic carbocycles. The number of piperidine rings is 2. The summed E-state index contributed by atoms with van der Waals surface area (Å²) in [6, 6.07) is 4.44. The second kappa shape index (κ2) is 9.96. The first-order chi connectivity index (χ1) is 17.7. The summed E-state index contributed by atoms with van der Waals surface area (Å²) in [4.78, 5) is 27.3. The summed E-state index contributed by atoms with van der Waals surface area (Å²) in [6.45, 7) is 2.41. The number of rotatable bonds is 5. The van der Waals surface area contributed by atoms with E-state index in [0.29, 0.717) is 49.7 Å². The highest BCUT2D eigenvalue weighted by Gasteiger charge is 2.42. The molecular formula is C26H28ClF3N4O3. The van der Waals surface area contributed by atoms with Crippen LogP contribution < -0.4 is 25.2 Å². The molecule has 7 nitrogen and oxygen atoms in total. The maximum atomic E-state index is 15.2. The number of halogens is 4. The zero-order valence-electron chi connectivity index (χ0n) is 20.4. The maximum absolute atomic E-state index is 15.2. The van der Waals surface area contributed by atoms with Gasteiger partial charge >= 0.3 is 0 Å². The second-order valence-corrected chi connectivity index (χ2v) is 10.4. The lowest BCUT2D eigenvalue weighted by Crippen LogP contribution is -2.47. The fraction of sp³-hybridized carbons (Fsp3) is 0.462. The van der Waals surface area contributed by atoms with Crippen molar-refractivity contribution in [2.75, 3.05) is 48.4 Å². The molecule has 3 aliphatic rings. The van der Waals surface area contributed by atoms with Crippen LogP contribution in [0.5, 0.6) is 5.75 Å². The summed E-state index contributed by atoms with van der Waals surface area (Å²) in [5.41, 5.74) is 0.903. The molecule has 0 aromatic heterocycles. The Morgan fingerprint density at radius 2 is 1.62 bits per heavy atom. The predicted octanol–water partition coefficient (Wildman–Crippen LogP) is 4.48. The molecule has 2 aromatic carbocycles. The molecule has 2 aromatic rings. The summed E-state index contributed by atoms with van der Waals surface area (Å²) < 4.78 is 49.1. The Bertz CT molecular complexity index is 1240. The summed E-state index contributed by atoms with van der Waals surface area (Å²) >= 11 is 5.70. The smallest absolute Gasteiger partial charge is 0.249 e. The third-order valence-electron chi connectivity index (χ3n) is 7.77. The van der Waals surface area contributed by atoms with Gasteiger partial charge < -0.3 is 19.9 Å². The van der Waals surface area contributed by atoms with Gasteiger partial charge in [0.25, 0.3) is 0 Å². The fourth-order valence-electron chi connectivity index (χ4n) is 5.61. The van der Waals surface area contributed by atoms with E-state index in [9.17, 15) is 18.4 Å². The molecule has 1 spiro atoms. The summed E-state index contributed by atoms with van der Waals surface area (Å²) in [5.74, 6) is -2.01. The van der Waals surface area contributed by atoms with Crippen molar-refractivity contribution in [3.8, 4) is 5.75 Å². The van der Waals surface area contributed by atoms with Crippen LogP contribution in [-0.4, -0.2) is 51.1 Å². The number of nitrogens with one attached hydrogen (secondary N) is 2. The third kappa shape index (κ3) is 5.03. The Morgan fingerprint density at radius 1 is 0.973 bits per heavy atom.